The molecular weight excluding hydrogens is 256 g/mol. The Bertz CT molecular complexity index is 580. The van der Waals surface area contributed by atoms with E-state index in [-0.39, 0.29) is 0 Å². The summed E-state index contributed by atoms with van der Waals surface area (Å²) in [6.45, 7) is 3.76. The first-order valence-electron chi connectivity index (χ1n) is 6.27. The number of thiazole rings is 1. The molecule has 19 heavy (non-hydrogen) atoms. The van der Waals surface area contributed by atoms with Crippen molar-refractivity contribution >= 4 is 22.2 Å². The van der Waals surface area contributed by atoms with Gasteiger partial charge in [-0.1, -0.05) is 12.1 Å². The van der Waals surface area contributed by atoms with Crippen LogP contribution in [0.3, 0.4) is 0 Å². The van der Waals surface area contributed by atoms with Crippen molar-refractivity contribution in [1.82, 2.24) is 4.98 Å². The zero-order chi connectivity index (χ0) is 13.1. The Hall–Kier alpha value is -2.06. The van der Waals surface area contributed by atoms with Crippen LogP contribution in [0.2, 0.25) is 0 Å². The Labute approximate surface area is 116 Å². The molecule has 1 aliphatic rings. The summed E-state index contributed by atoms with van der Waals surface area (Å²) in [5, 5.41) is 12.3. The molecule has 0 bridgehead atoms. The van der Waals surface area contributed by atoms with Crippen molar-refractivity contribution in [2.75, 3.05) is 36.0 Å². The minimum absolute atomic E-state index is 0.755. The van der Waals surface area contributed by atoms with Gasteiger partial charge < -0.3 is 9.80 Å². The normalized spacial score (nSPS) is 15.3. The third-order valence-corrected chi connectivity index (χ3v) is 4.17. The molecule has 1 aromatic heterocycles. The van der Waals surface area contributed by atoms with Crippen LogP contribution in [0.15, 0.2) is 35.8 Å². The van der Waals surface area contributed by atoms with Crippen molar-refractivity contribution in [3.05, 3.63) is 41.4 Å². The predicted molar refractivity (Wildman–Crippen MR) is 77.7 cm³/mol. The van der Waals surface area contributed by atoms with Gasteiger partial charge in [0.1, 0.15) is 6.07 Å². The first-order chi connectivity index (χ1) is 9.38. The van der Waals surface area contributed by atoms with Crippen molar-refractivity contribution < 1.29 is 0 Å². The van der Waals surface area contributed by atoms with E-state index >= 15 is 0 Å². The molecule has 1 aliphatic heterocycles. The van der Waals surface area contributed by atoms with Crippen molar-refractivity contribution in [3.8, 4) is 6.07 Å². The molecule has 3 rings (SSSR count). The molecular formula is C14H14N4S. The Morgan fingerprint density at radius 2 is 1.84 bits per heavy atom. The fourth-order valence-electron chi connectivity index (χ4n) is 2.35. The monoisotopic (exact) mass is 270 g/mol. The molecule has 0 amide bonds. The van der Waals surface area contributed by atoms with Gasteiger partial charge in [0.05, 0.1) is 11.3 Å². The largest absolute Gasteiger partial charge is 0.367 e. The van der Waals surface area contributed by atoms with E-state index in [0.717, 1.165) is 42.6 Å². The highest BCUT2D eigenvalue weighted by atomic mass is 32.1. The maximum atomic E-state index is 9.16. The number of para-hydroxylation sites is 1. The maximum Gasteiger partial charge on any atom is 0.185 e. The van der Waals surface area contributed by atoms with Crippen LogP contribution in [-0.2, 0) is 0 Å². The predicted octanol–water partition coefficient (Wildman–Crippen LogP) is 2.34. The van der Waals surface area contributed by atoms with Crippen molar-refractivity contribution in [3.63, 3.8) is 0 Å². The van der Waals surface area contributed by atoms with Crippen LogP contribution in [0.25, 0.3) is 0 Å². The Balaban J connectivity index is 1.72. The molecule has 2 heterocycles. The van der Waals surface area contributed by atoms with Gasteiger partial charge in [0, 0.05) is 37.8 Å². The van der Waals surface area contributed by atoms with Crippen LogP contribution >= 0.6 is 11.3 Å². The maximum absolute atomic E-state index is 9.16. The number of rotatable bonds is 2. The molecule has 0 saturated carbocycles. The Kier molecular flexibility index (Phi) is 3.34. The van der Waals surface area contributed by atoms with Gasteiger partial charge in [-0.2, -0.15) is 5.26 Å². The fourth-order valence-corrected chi connectivity index (χ4v) is 3.05. The number of hydrogen-bond acceptors (Lipinski definition) is 5. The first-order valence-corrected chi connectivity index (χ1v) is 7.15. The number of benzene rings is 1. The summed E-state index contributed by atoms with van der Waals surface area (Å²) in [5.41, 5.74) is 1.80. The first kappa shape index (κ1) is 12.0. The lowest BCUT2D eigenvalue weighted by atomic mass is 10.1. The second-order valence-corrected chi connectivity index (χ2v) is 5.29. The number of aromatic nitrogens is 1. The van der Waals surface area contributed by atoms with Gasteiger partial charge in [-0.15, -0.1) is 11.3 Å². The number of hydrogen-bond donors (Lipinski definition) is 0. The minimum Gasteiger partial charge on any atom is -0.367 e. The highest BCUT2D eigenvalue weighted by Gasteiger charge is 2.20. The smallest absolute Gasteiger partial charge is 0.185 e. The second-order valence-electron chi connectivity index (χ2n) is 4.42. The quantitative estimate of drug-likeness (QED) is 0.840. The van der Waals surface area contributed by atoms with Gasteiger partial charge >= 0.3 is 0 Å². The van der Waals surface area contributed by atoms with E-state index in [1.807, 2.05) is 35.8 Å². The summed E-state index contributed by atoms with van der Waals surface area (Å²) in [4.78, 5) is 8.93. The highest BCUT2D eigenvalue weighted by molar-refractivity contribution is 7.13. The third kappa shape index (κ3) is 2.40. The van der Waals surface area contributed by atoms with Crippen LogP contribution in [0, 0.1) is 11.3 Å². The van der Waals surface area contributed by atoms with Gasteiger partial charge in [0.25, 0.3) is 0 Å². The van der Waals surface area contributed by atoms with E-state index in [9.17, 15) is 0 Å². The molecule has 0 N–H and O–H groups in total. The topological polar surface area (TPSA) is 43.2 Å². The molecule has 2 aromatic rings. The summed E-state index contributed by atoms with van der Waals surface area (Å²) in [6.07, 6.45) is 1.84. The van der Waals surface area contributed by atoms with E-state index in [4.69, 9.17) is 5.26 Å². The molecule has 0 aliphatic carbocycles. The van der Waals surface area contributed by atoms with Crippen LogP contribution in [0.4, 0.5) is 10.8 Å². The lowest BCUT2D eigenvalue weighted by molar-refractivity contribution is 0.651. The summed E-state index contributed by atoms with van der Waals surface area (Å²) in [5.74, 6) is 0. The fraction of sp³-hybridized carbons (Fsp3) is 0.286. The Morgan fingerprint density at radius 1 is 1.11 bits per heavy atom. The van der Waals surface area contributed by atoms with E-state index in [1.54, 1.807) is 11.3 Å². The summed E-state index contributed by atoms with van der Waals surface area (Å²) >= 11 is 1.68. The minimum atomic E-state index is 0.755. The average Bonchev–Trinajstić information content (AvgIpc) is 3.02. The average molecular weight is 270 g/mol. The van der Waals surface area contributed by atoms with Crippen LogP contribution in [0.1, 0.15) is 5.56 Å². The molecule has 4 nitrogen and oxygen atoms in total. The second kappa shape index (κ2) is 5.29. The zero-order valence-electron chi connectivity index (χ0n) is 10.5. The number of piperazine rings is 1. The lowest BCUT2D eigenvalue weighted by Gasteiger charge is -2.36. The van der Waals surface area contributed by atoms with Gasteiger partial charge in [0.15, 0.2) is 5.13 Å². The van der Waals surface area contributed by atoms with Gasteiger partial charge in [-0.25, -0.2) is 4.98 Å². The number of nitriles is 1. The standard InChI is InChI=1S/C14H14N4S/c15-11-12-3-1-2-4-13(12)17-6-8-18(9-7-17)14-16-5-10-19-14/h1-5,10H,6-9H2. The molecule has 0 atom stereocenters. The van der Waals surface area contributed by atoms with E-state index in [1.165, 1.54) is 0 Å². The van der Waals surface area contributed by atoms with Crippen LogP contribution < -0.4 is 9.80 Å². The summed E-state index contributed by atoms with van der Waals surface area (Å²) in [7, 11) is 0. The van der Waals surface area contributed by atoms with Crippen molar-refractivity contribution in [2.24, 2.45) is 0 Å². The Morgan fingerprint density at radius 3 is 2.53 bits per heavy atom. The molecule has 0 spiro atoms. The molecule has 0 unspecified atom stereocenters. The molecule has 1 aromatic carbocycles. The molecule has 1 saturated heterocycles. The summed E-state index contributed by atoms with van der Waals surface area (Å²) in [6, 6.07) is 10.1. The molecule has 96 valence electrons. The van der Waals surface area contributed by atoms with Crippen LogP contribution in [0.5, 0.6) is 0 Å². The van der Waals surface area contributed by atoms with E-state index < -0.39 is 0 Å². The number of nitrogens with zero attached hydrogens (tertiary/aromatic N) is 4. The SMILES string of the molecule is N#Cc1ccccc1N1CCN(c2nccs2)CC1. The third-order valence-electron chi connectivity index (χ3n) is 3.33. The highest BCUT2D eigenvalue weighted by Crippen LogP contribution is 2.24. The zero-order valence-corrected chi connectivity index (χ0v) is 11.3. The molecule has 1 fully saturated rings. The van der Waals surface area contributed by atoms with Crippen molar-refractivity contribution in [1.29, 1.82) is 5.26 Å². The van der Waals surface area contributed by atoms with E-state index in [2.05, 4.69) is 20.9 Å². The van der Waals surface area contributed by atoms with Gasteiger partial charge in [0.2, 0.25) is 0 Å². The van der Waals surface area contributed by atoms with E-state index in [0.29, 0.717) is 0 Å². The lowest BCUT2D eigenvalue weighted by Crippen LogP contribution is -2.46. The number of anilines is 2. The van der Waals surface area contributed by atoms with Crippen molar-refractivity contribution in [2.45, 2.75) is 0 Å². The molecule has 0 radical (unpaired) electrons. The molecule has 5 heteroatoms. The van der Waals surface area contributed by atoms with Gasteiger partial charge in [-0.3, -0.25) is 0 Å². The van der Waals surface area contributed by atoms with Crippen LogP contribution in [-0.4, -0.2) is 31.2 Å². The summed E-state index contributed by atoms with van der Waals surface area (Å²) < 4.78 is 0. The van der Waals surface area contributed by atoms with Gasteiger partial charge in [-0.05, 0) is 12.1 Å².